The second kappa shape index (κ2) is 7.69. The van der Waals surface area contributed by atoms with E-state index in [0.29, 0.717) is 0 Å². The van der Waals surface area contributed by atoms with Crippen molar-refractivity contribution in [2.75, 3.05) is 0 Å². The number of ether oxygens (including phenoxy) is 1. The van der Waals surface area contributed by atoms with Crippen LogP contribution < -0.4 is 9.46 Å². The van der Waals surface area contributed by atoms with Crippen LogP contribution in [0.5, 0.6) is 11.5 Å². The minimum absolute atomic E-state index is 0.113. The Morgan fingerprint density at radius 3 is 2.40 bits per heavy atom. The van der Waals surface area contributed by atoms with Crippen molar-refractivity contribution >= 4 is 43.2 Å². The Hall–Kier alpha value is -1.68. The van der Waals surface area contributed by atoms with Gasteiger partial charge < -0.3 is 4.74 Å². The van der Waals surface area contributed by atoms with E-state index in [9.17, 15) is 18.5 Å². The van der Waals surface area contributed by atoms with Gasteiger partial charge in [0.1, 0.15) is 5.75 Å². The van der Waals surface area contributed by atoms with Crippen molar-refractivity contribution in [1.29, 1.82) is 0 Å². The smallest absolute Gasteiger partial charge is 0.312 e. The van der Waals surface area contributed by atoms with Crippen LogP contribution >= 0.6 is 27.5 Å². The number of nitrogens with one attached hydrogen (secondary N) is 1. The second-order valence-electron chi connectivity index (χ2n) is 5.34. The first kappa shape index (κ1) is 19.6. The van der Waals surface area contributed by atoms with E-state index in [2.05, 4.69) is 20.7 Å². The van der Waals surface area contributed by atoms with Crippen molar-refractivity contribution in [2.24, 2.45) is 0 Å². The highest BCUT2D eigenvalue weighted by Crippen LogP contribution is 2.37. The van der Waals surface area contributed by atoms with Crippen LogP contribution in [-0.4, -0.2) is 19.4 Å². The molecule has 0 aliphatic heterocycles. The molecule has 10 heteroatoms. The molecule has 0 aliphatic rings. The predicted molar refractivity (Wildman–Crippen MR) is 97.8 cm³/mol. The van der Waals surface area contributed by atoms with Gasteiger partial charge in [-0.2, -0.15) is 0 Å². The Bertz CT molecular complexity index is 918. The van der Waals surface area contributed by atoms with E-state index < -0.39 is 20.6 Å². The van der Waals surface area contributed by atoms with Crippen molar-refractivity contribution in [1.82, 2.24) is 4.72 Å². The maximum atomic E-state index is 12.2. The summed E-state index contributed by atoms with van der Waals surface area (Å²) in [7, 11) is -3.86. The molecular weight excluding hydrogens is 436 g/mol. The first-order valence-electron chi connectivity index (χ1n) is 7.04. The molecule has 25 heavy (non-hydrogen) atoms. The average Bonchev–Trinajstić information content (AvgIpc) is 2.48. The van der Waals surface area contributed by atoms with Crippen molar-refractivity contribution in [3.8, 4) is 11.5 Å². The quantitative estimate of drug-likeness (QED) is 0.517. The minimum atomic E-state index is -3.86. The lowest BCUT2D eigenvalue weighted by Crippen LogP contribution is -2.30. The third-order valence-electron chi connectivity index (χ3n) is 2.94. The molecule has 0 atom stereocenters. The van der Waals surface area contributed by atoms with Crippen LogP contribution in [0.25, 0.3) is 0 Å². The lowest BCUT2D eigenvalue weighted by molar-refractivity contribution is -0.385. The van der Waals surface area contributed by atoms with Crippen LogP contribution in [0.2, 0.25) is 5.02 Å². The van der Waals surface area contributed by atoms with E-state index in [1.807, 2.05) is 0 Å². The van der Waals surface area contributed by atoms with Crippen LogP contribution in [0.1, 0.15) is 13.8 Å². The molecule has 0 aromatic heterocycles. The number of benzene rings is 2. The van der Waals surface area contributed by atoms with Gasteiger partial charge >= 0.3 is 5.69 Å². The van der Waals surface area contributed by atoms with Gasteiger partial charge in [0, 0.05) is 16.6 Å². The number of sulfonamides is 1. The van der Waals surface area contributed by atoms with Gasteiger partial charge in [0.25, 0.3) is 0 Å². The molecule has 0 heterocycles. The lowest BCUT2D eigenvalue weighted by Gasteiger charge is -2.12. The Kier molecular flexibility index (Phi) is 6.04. The van der Waals surface area contributed by atoms with Crippen LogP contribution in [-0.2, 0) is 10.0 Å². The van der Waals surface area contributed by atoms with Crippen LogP contribution in [0.3, 0.4) is 0 Å². The second-order valence-corrected chi connectivity index (χ2v) is 8.38. The zero-order chi connectivity index (χ0) is 18.8. The van der Waals surface area contributed by atoms with E-state index in [-0.39, 0.29) is 27.5 Å². The van der Waals surface area contributed by atoms with Crippen molar-refractivity contribution in [2.45, 2.75) is 24.8 Å². The normalized spacial score (nSPS) is 11.6. The Morgan fingerprint density at radius 2 is 1.84 bits per heavy atom. The monoisotopic (exact) mass is 448 g/mol. The van der Waals surface area contributed by atoms with Gasteiger partial charge in [0.2, 0.25) is 15.8 Å². The van der Waals surface area contributed by atoms with Gasteiger partial charge in [-0.1, -0.05) is 27.5 Å². The summed E-state index contributed by atoms with van der Waals surface area (Å²) in [5, 5.41) is 11.6. The summed E-state index contributed by atoms with van der Waals surface area (Å²) in [5.41, 5.74) is -0.481. The van der Waals surface area contributed by atoms with E-state index >= 15 is 0 Å². The zero-order valence-corrected chi connectivity index (χ0v) is 16.4. The van der Waals surface area contributed by atoms with Crippen LogP contribution in [0, 0.1) is 10.1 Å². The number of hydrogen-bond donors (Lipinski definition) is 1. The molecule has 2 aromatic carbocycles. The Morgan fingerprint density at radius 1 is 1.20 bits per heavy atom. The molecule has 2 rings (SSSR count). The summed E-state index contributed by atoms with van der Waals surface area (Å²) < 4.78 is 32.9. The molecular formula is C15H14BrClN2O5S. The molecule has 0 radical (unpaired) electrons. The maximum absolute atomic E-state index is 12.2. The number of nitrogens with zero attached hydrogens (tertiary/aromatic N) is 1. The third-order valence-corrected chi connectivity index (χ3v) is 5.39. The molecule has 0 amide bonds. The van der Waals surface area contributed by atoms with E-state index in [0.717, 1.165) is 10.5 Å². The molecule has 134 valence electrons. The highest BCUT2D eigenvalue weighted by atomic mass is 79.9. The van der Waals surface area contributed by atoms with Gasteiger partial charge in [-0.15, -0.1) is 0 Å². The first-order chi connectivity index (χ1) is 11.6. The molecule has 0 aliphatic carbocycles. The van der Waals surface area contributed by atoms with Crippen molar-refractivity contribution in [3.05, 3.63) is 56.0 Å². The summed E-state index contributed by atoms with van der Waals surface area (Å²) in [6.45, 7) is 3.30. The van der Waals surface area contributed by atoms with Crippen LogP contribution in [0.15, 0.2) is 45.8 Å². The fourth-order valence-electron chi connectivity index (χ4n) is 1.95. The molecule has 0 fully saturated rings. The van der Waals surface area contributed by atoms with Gasteiger partial charge in [0.15, 0.2) is 0 Å². The SMILES string of the molecule is CC(C)NS(=O)(=O)c1ccc(Oc2ccc(Br)cc2Cl)c([N+](=O)[O-])c1. The summed E-state index contributed by atoms with van der Waals surface area (Å²) in [6, 6.07) is 7.85. The summed E-state index contributed by atoms with van der Waals surface area (Å²) in [5.74, 6) is 0.0987. The molecule has 0 saturated heterocycles. The maximum Gasteiger partial charge on any atom is 0.312 e. The standard InChI is InChI=1S/C15H14BrClN2O5S/c1-9(2)18-25(22,23)11-4-6-15(13(8-11)19(20)21)24-14-5-3-10(16)7-12(14)17/h3-9,18H,1-2H3. The largest absolute Gasteiger partial charge is 0.449 e. The summed E-state index contributed by atoms with van der Waals surface area (Å²) >= 11 is 9.29. The molecule has 0 unspecified atom stereocenters. The molecule has 2 aromatic rings. The van der Waals surface area contributed by atoms with Crippen molar-refractivity contribution < 1.29 is 18.1 Å². The zero-order valence-electron chi connectivity index (χ0n) is 13.2. The molecule has 0 bridgehead atoms. The average molecular weight is 450 g/mol. The van der Waals surface area contributed by atoms with Crippen molar-refractivity contribution in [3.63, 3.8) is 0 Å². The number of hydrogen-bond acceptors (Lipinski definition) is 5. The number of rotatable bonds is 6. The minimum Gasteiger partial charge on any atom is -0.449 e. The molecule has 0 spiro atoms. The number of nitro groups is 1. The molecule has 7 nitrogen and oxygen atoms in total. The Labute approximate surface area is 158 Å². The number of halogens is 2. The molecule has 1 N–H and O–H groups in total. The molecule has 0 saturated carbocycles. The van der Waals surface area contributed by atoms with E-state index in [1.54, 1.807) is 32.0 Å². The third kappa shape index (κ3) is 4.91. The summed E-state index contributed by atoms with van der Waals surface area (Å²) in [6.07, 6.45) is 0. The highest BCUT2D eigenvalue weighted by molar-refractivity contribution is 9.10. The summed E-state index contributed by atoms with van der Waals surface area (Å²) in [4.78, 5) is 10.4. The van der Waals surface area contributed by atoms with Crippen LogP contribution in [0.4, 0.5) is 5.69 Å². The predicted octanol–water partition coefficient (Wildman–Crippen LogP) is 4.49. The Balaban J connectivity index is 2.45. The van der Waals surface area contributed by atoms with E-state index in [1.165, 1.54) is 12.1 Å². The topological polar surface area (TPSA) is 98.5 Å². The first-order valence-corrected chi connectivity index (χ1v) is 9.69. The fourth-order valence-corrected chi connectivity index (χ4v) is 3.93. The number of nitro benzene ring substituents is 1. The highest BCUT2D eigenvalue weighted by Gasteiger charge is 2.23. The van der Waals surface area contributed by atoms with Gasteiger partial charge in [0.05, 0.1) is 14.8 Å². The van der Waals surface area contributed by atoms with Gasteiger partial charge in [-0.05, 0) is 44.2 Å². The lowest BCUT2D eigenvalue weighted by atomic mass is 10.3. The van der Waals surface area contributed by atoms with E-state index in [4.69, 9.17) is 16.3 Å². The van der Waals surface area contributed by atoms with Gasteiger partial charge in [-0.25, -0.2) is 13.1 Å². The van der Waals surface area contributed by atoms with Gasteiger partial charge in [-0.3, -0.25) is 10.1 Å². The fraction of sp³-hybridized carbons (Fsp3) is 0.200.